The monoisotopic (exact) mass is 195 g/mol. The molecule has 0 aliphatic carbocycles. The molecular weight excluding hydrogens is 178 g/mol. The van der Waals surface area contributed by atoms with Gasteiger partial charge in [0.25, 0.3) is 0 Å². The summed E-state index contributed by atoms with van der Waals surface area (Å²) in [4.78, 5) is 8.06. The summed E-state index contributed by atoms with van der Waals surface area (Å²) in [6.07, 6.45) is 2.50. The molecule has 1 aromatic heterocycles. The lowest BCUT2D eigenvalue weighted by Crippen LogP contribution is -2.08. The van der Waals surface area contributed by atoms with Crippen LogP contribution in [0.2, 0.25) is 0 Å². The van der Waals surface area contributed by atoms with Crippen LogP contribution in [0.3, 0.4) is 0 Å². The number of nitrogens with one attached hydrogen (secondary N) is 1. The third-order valence-corrected chi connectivity index (χ3v) is 1.96. The van der Waals surface area contributed by atoms with Crippen LogP contribution in [0.1, 0.15) is 26.0 Å². The fourth-order valence-electron chi connectivity index (χ4n) is 1.02. The maximum absolute atomic E-state index is 9.20. The Morgan fingerprint density at radius 2 is 2.21 bits per heavy atom. The lowest BCUT2D eigenvalue weighted by Gasteiger charge is -2.07. The number of anilines is 1. The van der Waals surface area contributed by atoms with Crippen LogP contribution in [0.15, 0.2) is 6.20 Å². The van der Waals surface area contributed by atoms with Crippen LogP contribution in [-0.4, -0.2) is 21.6 Å². The molecule has 0 radical (unpaired) electrons. The first-order chi connectivity index (χ1) is 6.59. The summed E-state index contributed by atoms with van der Waals surface area (Å²) >= 11 is 0. The zero-order valence-corrected chi connectivity index (χ0v) is 8.91. The lowest BCUT2D eigenvalue weighted by molar-refractivity contribution is 0.464. The maximum atomic E-state index is 9.20. The zero-order chi connectivity index (χ0) is 10.6. The molecule has 1 heterocycles. The summed E-state index contributed by atoms with van der Waals surface area (Å²) in [5.41, 5.74) is 0.604. The quantitative estimate of drug-likeness (QED) is 0.771. The summed E-state index contributed by atoms with van der Waals surface area (Å²) in [7, 11) is 0. The van der Waals surface area contributed by atoms with E-state index >= 15 is 0 Å². The van der Waals surface area contributed by atoms with Crippen molar-refractivity contribution in [3.05, 3.63) is 11.9 Å². The van der Waals surface area contributed by atoms with Gasteiger partial charge in [0.1, 0.15) is 0 Å². The molecule has 0 bridgehead atoms. The summed E-state index contributed by atoms with van der Waals surface area (Å²) < 4.78 is 0. The molecule has 0 unspecified atom stereocenters. The van der Waals surface area contributed by atoms with E-state index in [-0.39, 0.29) is 5.75 Å². The van der Waals surface area contributed by atoms with Crippen LogP contribution < -0.4 is 5.32 Å². The van der Waals surface area contributed by atoms with Gasteiger partial charge < -0.3 is 10.4 Å². The van der Waals surface area contributed by atoms with Gasteiger partial charge in [0, 0.05) is 6.54 Å². The smallest absolute Gasteiger partial charge is 0.223 e. The Labute approximate surface area is 84.4 Å². The minimum Gasteiger partial charge on any atom is -0.504 e. The third kappa shape index (κ3) is 3.20. The van der Waals surface area contributed by atoms with Crippen molar-refractivity contribution in [3.63, 3.8) is 0 Å². The molecule has 0 aliphatic rings. The molecule has 78 valence electrons. The van der Waals surface area contributed by atoms with Gasteiger partial charge in [-0.05, 0) is 19.3 Å². The molecule has 1 aromatic rings. The second-order valence-corrected chi connectivity index (χ2v) is 3.77. The number of hydrogen-bond donors (Lipinski definition) is 2. The van der Waals surface area contributed by atoms with Crippen LogP contribution in [0.5, 0.6) is 5.75 Å². The predicted molar refractivity (Wildman–Crippen MR) is 56.4 cm³/mol. The van der Waals surface area contributed by atoms with E-state index in [1.807, 2.05) is 0 Å². The van der Waals surface area contributed by atoms with Crippen molar-refractivity contribution in [3.8, 4) is 5.75 Å². The molecule has 0 aromatic carbocycles. The fraction of sp³-hybridized carbons (Fsp3) is 0.600. The molecule has 0 saturated carbocycles. The summed E-state index contributed by atoms with van der Waals surface area (Å²) in [6.45, 7) is 6.96. The molecule has 0 saturated heterocycles. The lowest BCUT2D eigenvalue weighted by atomic mass is 10.1. The summed E-state index contributed by atoms with van der Waals surface area (Å²) in [5.74, 6) is 1.39. The van der Waals surface area contributed by atoms with E-state index in [4.69, 9.17) is 0 Å². The summed E-state index contributed by atoms with van der Waals surface area (Å²) in [5, 5.41) is 12.3. The molecule has 0 fully saturated rings. The highest BCUT2D eigenvalue weighted by atomic mass is 16.3. The number of rotatable bonds is 4. The van der Waals surface area contributed by atoms with Crippen molar-refractivity contribution in [1.29, 1.82) is 0 Å². The van der Waals surface area contributed by atoms with Gasteiger partial charge >= 0.3 is 0 Å². The Morgan fingerprint density at radius 3 is 2.79 bits per heavy atom. The van der Waals surface area contributed by atoms with Gasteiger partial charge in [-0.15, -0.1) is 0 Å². The molecule has 4 nitrogen and oxygen atoms in total. The molecule has 0 aliphatic heterocycles. The Kier molecular flexibility index (Phi) is 3.68. The van der Waals surface area contributed by atoms with Gasteiger partial charge in [0.2, 0.25) is 5.95 Å². The highest BCUT2D eigenvalue weighted by Gasteiger charge is 2.01. The average Bonchev–Trinajstić information content (AvgIpc) is 2.10. The molecule has 4 heteroatoms. The Bertz CT molecular complexity index is 299. The van der Waals surface area contributed by atoms with Gasteiger partial charge in [0.05, 0.1) is 11.9 Å². The van der Waals surface area contributed by atoms with Gasteiger partial charge in [-0.1, -0.05) is 13.8 Å². The fourth-order valence-corrected chi connectivity index (χ4v) is 1.02. The Balaban J connectivity index is 2.47. The molecule has 0 amide bonds. The third-order valence-electron chi connectivity index (χ3n) is 1.96. The first kappa shape index (κ1) is 10.8. The highest BCUT2D eigenvalue weighted by molar-refractivity contribution is 5.31. The number of aryl methyl sites for hydroxylation is 1. The van der Waals surface area contributed by atoms with Crippen molar-refractivity contribution in [1.82, 2.24) is 9.97 Å². The SMILES string of the molecule is Cc1nc(NCCC(C)C)ncc1O. The van der Waals surface area contributed by atoms with E-state index in [9.17, 15) is 5.11 Å². The van der Waals surface area contributed by atoms with Crippen LogP contribution in [-0.2, 0) is 0 Å². The minimum absolute atomic E-state index is 0.138. The summed E-state index contributed by atoms with van der Waals surface area (Å²) in [6, 6.07) is 0. The topological polar surface area (TPSA) is 58.0 Å². The number of aromatic hydroxyl groups is 1. The van der Waals surface area contributed by atoms with Gasteiger partial charge in [-0.25, -0.2) is 9.97 Å². The van der Waals surface area contributed by atoms with Crippen molar-refractivity contribution in [2.75, 3.05) is 11.9 Å². The van der Waals surface area contributed by atoms with Crippen LogP contribution in [0.4, 0.5) is 5.95 Å². The van der Waals surface area contributed by atoms with E-state index in [2.05, 4.69) is 29.1 Å². The van der Waals surface area contributed by atoms with Crippen molar-refractivity contribution in [2.24, 2.45) is 5.92 Å². The van der Waals surface area contributed by atoms with E-state index in [0.717, 1.165) is 13.0 Å². The molecule has 14 heavy (non-hydrogen) atoms. The maximum Gasteiger partial charge on any atom is 0.223 e. The van der Waals surface area contributed by atoms with Crippen molar-refractivity contribution < 1.29 is 5.11 Å². The largest absolute Gasteiger partial charge is 0.504 e. The normalized spacial score (nSPS) is 10.6. The molecule has 1 rings (SSSR count). The van der Waals surface area contributed by atoms with Gasteiger partial charge in [-0.2, -0.15) is 0 Å². The van der Waals surface area contributed by atoms with E-state index < -0.39 is 0 Å². The second-order valence-electron chi connectivity index (χ2n) is 3.77. The Hall–Kier alpha value is -1.32. The van der Waals surface area contributed by atoms with Crippen LogP contribution in [0, 0.1) is 12.8 Å². The van der Waals surface area contributed by atoms with Gasteiger partial charge in [0.15, 0.2) is 5.75 Å². The van der Waals surface area contributed by atoms with E-state index in [1.165, 1.54) is 6.20 Å². The second kappa shape index (κ2) is 4.79. The number of hydrogen-bond acceptors (Lipinski definition) is 4. The highest BCUT2D eigenvalue weighted by Crippen LogP contribution is 2.12. The zero-order valence-electron chi connectivity index (χ0n) is 8.91. The molecule has 0 atom stereocenters. The van der Waals surface area contributed by atoms with Crippen molar-refractivity contribution in [2.45, 2.75) is 27.2 Å². The van der Waals surface area contributed by atoms with Crippen LogP contribution in [0.25, 0.3) is 0 Å². The van der Waals surface area contributed by atoms with E-state index in [1.54, 1.807) is 6.92 Å². The molecular formula is C10H17N3O. The number of aromatic nitrogens is 2. The molecule has 0 spiro atoms. The molecule has 2 N–H and O–H groups in total. The standard InChI is InChI=1S/C10H17N3O/c1-7(2)4-5-11-10-12-6-9(14)8(3)13-10/h6-7,14H,4-5H2,1-3H3,(H,11,12,13). The number of nitrogens with zero attached hydrogens (tertiary/aromatic N) is 2. The minimum atomic E-state index is 0.138. The van der Waals surface area contributed by atoms with Crippen molar-refractivity contribution >= 4 is 5.95 Å². The Morgan fingerprint density at radius 1 is 1.50 bits per heavy atom. The van der Waals surface area contributed by atoms with E-state index in [0.29, 0.717) is 17.6 Å². The van der Waals surface area contributed by atoms with Gasteiger partial charge in [-0.3, -0.25) is 0 Å². The average molecular weight is 195 g/mol. The predicted octanol–water partition coefficient (Wildman–Crippen LogP) is 1.95. The van der Waals surface area contributed by atoms with Crippen LogP contribution >= 0.6 is 0 Å². The first-order valence-corrected chi connectivity index (χ1v) is 4.86. The first-order valence-electron chi connectivity index (χ1n) is 4.86.